The Balaban J connectivity index is 1.54. The summed E-state index contributed by atoms with van der Waals surface area (Å²) in [6, 6.07) is 9.17. The number of ether oxygens (including phenoxy) is 1. The van der Waals surface area contributed by atoms with E-state index in [1.165, 1.54) is 35.7 Å². The minimum Gasteiger partial charge on any atom is -0.468 e. The molecule has 1 fully saturated rings. The third-order valence-electron chi connectivity index (χ3n) is 6.56. The number of hydrogen-bond acceptors (Lipinski definition) is 5. The van der Waals surface area contributed by atoms with Crippen molar-refractivity contribution in [3.05, 3.63) is 82.1 Å². The van der Waals surface area contributed by atoms with Gasteiger partial charge in [0.15, 0.2) is 0 Å². The first-order valence-corrected chi connectivity index (χ1v) is 12.5. The lowest BCUT2D eigenvalue weighted by Crippen LogP contribution is -2.53. The van der Waals surface area contributed by atoms with Gasteiger partial charge in [-0.3, -0.25) is 4.79 Å². The first-order chi connectivity index (χ1) is 16.7. The molecule has 1 saturated heterocycles. The van der Waals surface area contributed by atoms with E-state index in [9.17, 15) is 22.0 Å². The molecule has 35 heavy (non-hydrogen) atoms. The van der Waals surface area contributed by atoms with Gasteiger partial charge in [0.2, 0.25) is 10.0 Å². The Labute approximate surface area is 205 Å². The fraction of sp³-hybridized carbons (Fsp3) is 0.250. The molecule has 1 aromatic heterocycles. The van der Waals surface area contributed by atoms with Gasteiger partial charge < -0.3 is 4.74 Å². The van der Waals surface area contributed by atoms with Crippen molar-refractivity contribution in [2.75, 3.05) is 20.2 Å². The summed E-state index contributed by atoms with van der Waals surface area (Å²) < 4.78 is 62.0. The topological polar surface area (TPSA) is 81.5 Å². The molecule has 1 aliphatic heterocycles. The molecule has 2 aromatic carbocycles. The average molecular weight is 520 g/mol. The Bertz CT molecular complexity index is 1470. The van der Waals surface area contributed by atoms with Crippen LogP contribution in [0.2, 0.25) is 5.02 Å². The number of fused-ring (bicyclic) bond motifs is 2. The third kappa shape index (κ3) is 3.85. The summed E-state index contributed by atoms with van der Waals surface area (Å²) in [4.78, 5) is 12.9. The zero-order valence-electron chi connectivity index (χ0n) is 18.5. The number of rotatable bonds is 4. The Morgan fingerprint density at radius 3 is 2.60 bits per heavy atom. The van der Waals surface area contributed by atoms with Crippen LogP contribution in [-0.4, -0.2) is 48.7 Å². The van der Waals surface area contributed by atoms with Crippen molar-refractivity contribution in [1.82, 2.24) is 14.1 Å². The van der Waals surface area contributed by atoms with Gasteiger partial charge in [-0.2, -0.15) is 9.40 Å². The molecule has 2 heterocycles. The molecule has 5 rings (SSSR count). The van der Waals surface area contributed by atoms with Gasteiger partial charge in [-0.15, -0.1) is 0 Å². The number of aromatic nitrogens is 2. The SMILES string of the molecule is COC(=O)C12Cc3cnn(-c4ccc(F)cc4)c3C=C1CCN(S(=O)(=O)c1ccc(Cl)c(F)c1)C2. The van der Waals surface area contributed by atoms with E-state index in [1.807, 2.05) is 6.08 Å². The highest BCUT2D eigenvalue weighted by Gasteiger charge is 2.51. The van der Waals surface area contributed by atoms with Crippen LogP contribution in [-0.2, 0) is 26.0 Å². The third-order valence-corrected chi connectivity index (χ3v) is 8.70. The maximum Gasteiger partial charge on any atom is 0.317 e. The minimum atomic E-state index is -4.11. The smallest absolute Gasteiger partial charge is 0.317 e. The highest BCUT2D eigenvalue weighted by molar-refractivity contribution is 7.89. The zero-order chi connectivity index (χ0) is 25.0. The van der Waals surface area contributed by atoms with Crippen molar-refractivity contribution in [2.24, 2.45) is 5.41 Å². The largest absolute Gasteiger partial charge is 0.468 e. The summed E-state index contributed by atoms with van der Waals surface area (Å²) >= 11 is 5.71. The molecule has 2 aliphatic rings. The number of benzene rings is 2. The van der Waals surface area contributed by atoms with Crippen molar-refractivity contribution in [2.45, 2.75) is 17.7 Å². The zero-order valence-corrected chi connectivity index (χ0v) is 20.1. The summed E-state index contributed by atoms with van der Waals surface area (Å²) in [6.07, 6.45) is 3.87. The van der Waals surface area contributed by atoms with E-state index < -0.39 is 27.2 Å². The van der Waals surface area contributed by atoms with E-state index >= 15 is 0 Å². The Morgan fingerprint density at radius 2 is 1.91 bits per heavy atom. The Hall–Kier alpha value is -3.08. The molecule has 1 atom stereocenters. The van der Waals surface area contributed by atoms with E-state index in [1.54, 1.807) is 23.0 Å². The maximum atomic E-state index is 14.0. The predicted octanol–water partition coefficient (Wildman–Crippen LogP) is 4.00. The Kier molecular flexibility index (Phi) is 5.77. The van der Waals surface area contributed by atoms with Gasteiger partial charge in [-0.25, -0.2) is 21.9 Å². The maximum absolute atomic E-state index is 14.0. The van der Waals surface area contributed by atoms with Gasteiger partial charge in [0, 0.05) is 13.1 Å². The molecule has 1 unspecified atom stereocenters. The summed E-state index contributed by atoms with van der Waals surface area (Å²) in [5.41, 5.74) is 1.58. The molecule has 182 valence electrons. The van der Waals surface area contributed by atoms with E-state index in [4.69, 9.17) is 16.3 Å². The summed E-state index contributed by atoms with van der Waals surface area (Å²) in [7, 11) is -2.85. The molecule has 0 spiro atoms. The molecule has 0 bridgehead atoms. The normalized spacial score (nSPS) is 20.1. The highest BCUT2D eigenvalue weighted by Crippen LogP contribution is 2.46. The van der Waals surface area contributed by atoms with Crippen molar-refractivity contribution in [3.8, 4) is 5.69 Å². The van der Waals surface area contributed by atoms with E-state index in [0.29, 0.717) is 5.69 Å². The number of halogens is 3. The number of piperidine rings is 1. The van der Waals surface area contributed by atoms with Crippen LogP contribution in [0.5, 0.6) is 0 Å². The number of carbonyl (C=O) groups is 1. The van der Waals surface area contributed by atoms with Crippen LogP contribution in [0.4, 0.5) is 8.78 Å². The van der Waals surface area contributed by atoms with Crippen LogP contribution < -0.4 is 0 Å². The summed E-state index contributed by atoms with van der Waals surface area (Å²) in [6.45, 7) is -0.0730. The lowest BCUT2D eigenvalue weighted by molar-refractivity contribution is -0.151. The highest BCUT2D eigenvalue weighted by atomic mass is 35.5. The standard InChI is InChI=1S/C24H20ClF2N3O4S/c1-34-23(31)24-12-15-13-28-30(18-4-2-17(26)3-5-18)22(15)10-16(24)8-9-29(14-24)35(32,33)19-6-7-20(25)21(27)11-19/h2-7,10-11,13H,8-9,12,14H2,1H3. The van der Waals surface area contributed by atoms with Crippen molar-refractivity contribution in [3.63, 3.8) is 0 Å². The number of nitrogens with zero attached hydrogens (tertiary/aromatic N) is 3. The lowest BCUT2D eigenvalue weighted by atomic mass is 9.69. The van der Waals surface area contributed by atoms with Gasteiger partial charge in [0.1, 0.15) is 17.0 Å². The van der Waals surface area contributed by atoms with E-state index in [2.05, 4.69) is 5.10 Å². The number of esters is 1. The van der Waals surface area contributed by atoms with Gasteiger partial charge in [-0.1, -0.05) is 11.6 Å². The molecule has 0 saturated carbocycles. The number of methoxy groups -OCH3 is 1. The Morgan fingerprint density at radius 1 is 1.17 bits per heavy atom. The second kappa shape index (κ2) is 8.54. The number of carbonyl (C=O) groups excluding carboxylic acids is 1. The summed E-state index contributed by atoms with van der Waals surface area (Å²) in [5.74, 6) is -1.78. The first-order valence-electron chi connectivity index (χ1n) is 10.7. The van der Waals surface area contributed by atoms with Gasteiger partial charge >= 0.3 is 5.97 Å². The molecule has 0 radical (unpaired) electrons. The minimum absolute atomic E-state index is 0.0944. The molecule has 0 N–H and O–H groups in total. The van der Waals surface area contributed by atoms with Crippen LogP contribution in [0, 0.1) is 17.0 Å². The van der Waals surface area contributed by atoms with Crippen LogP contribution in [0.1, 0.15) is 17.7 Å². The number of hydrogen-bond donors (Lipinski definition) is 0. The molecule has 1 aliphatic carbocycles. The van der Waals surface area contributed by atoms with Gasteiger partial charge in [0.25, 0.3) is 0 Å². The average Bonchev–Trinajstić information content (AvgIpc) is 3.25. The van der Waals surface area contributed by atoms with Gasteiger partial charge in [0.05, 0.1) is 34.6 Å². The van der Waals surface area contributed by atoms with E-state index in [-0.39, 0.29) is 41.7 Å². The molecule has 3 aromatic rings. The van der Waals surface area contributed by atoms with Gasteiger partial charge in [-0.05, 0) is 72.5 Å². The predicted molar refractivity (Wildman–Crippen MR) is 124 cm³/mol. The van der Waals surface area contributed by atoms with Crippen LogP contribution in [0.3, 0.4) is 0 Å². The van der Waals surface area contributed by atoms with Crippen molar-refractivity contribution in [1.29, 1.82) is 0 Å². The van der Waals surface area contributed by atoms with E-state index in [0.717, 1.165) is 22.9 Å². The molecular weight excluding hydrogens is 500 g/mol. The quantitative estimate of drug-likeness (QED) is 0.487. The van der Waals surface area contributed by atoms with Crippen molar-refractivity contribution < 1.29 is 26.7 Å². The van der Waals surface area contributed by atoms with Crippen molar-refractivity contribution >= 4 is 33.7 Å². The fourth-order valence-corrected chi connectivity index (χ4v) is 6.39. The van der Waals surface area contributed by atoms with Crippen LogP contribution in [0.25, 0.3) is 11.8 Å². The second-order valence-electron chi connectivity index (χ2n) is 8.53. The van der Waals surface area contributed by atoms with Crippen LogP contribution in [0.15, 0.2) is 59.1 Å². The molecule has 11 heteroatoms. The molecular formula is C24H20ClF2N3O4S. The fourth-order valence-electron chi connectivity index (χ4n) is 4.76. The number of sulfonamides is 1. The molecule has 7 nitrogen and oxygen atoms in total. The summed E-state index contributed by atoms with van der Waals surface area (Å²) in [5, 5.41) is 4.23. The first kappa shape index (κ1) is 23.7. The second-order valence-corrected chi connectivity index (χ2v) is 10.9. The lowest BCUT2D eigenvalue weighted by Gasteiger charge is -2.43. The van der Waals surface area contributed by atoms with Crippen LogP contribution >= 0.6 is 11.6 Å². The molecule has 0 amide bonds. The monoisotopic (exact) mass is 519 g/mol.